The summed E-state index contributed by atoms with van der Waals surface area (Å²) in [7, 11) is 0. The van der Waals surface area contributed by atoms with Crippen LogP contribution in [0.25, 0.3) is 31.8 Å². The largest absolute Gasteiger partial charge is 0.484 e. The molecule has 2 aromatic carbocycles. The molecule has 6 heteroatoms. The van der Waals surface area contributed by atoms with Crippen LogP contribution in [0.4, 0.5) is 0 Å². The number of aromatic nitrogens is 3. The van der Waals surface area contributed by atoms with Gasteiger partial charge in [0.25, 0.3) is 0 Å². The van der Waals surface area contributed by atoms with Crippen LogP contribution in [0.3, 0.4) is 0 Å². The third-order valence-corrected chi connectivity index (χ3v) is 5.71. The lowest BCUT2D eigenvalue weighted by Crippen LogP contribution is -2.26. The number of nitrogens with zero attached hydrogens (tertiary/aromatic N) is 3. The molecular weight excluding hydrogens is 358 g/mol. The average Bonchev–Trinajstić information content (AvgIpc) is 3.06. The maximum Gasteiger partial charge on any atom is 0.180 e. The lowest BCUT2D eigenvalue weighted by Gasteiger charge is -2.24. The summed E-state index contributed by atoms with van der Waals surface area (Å²) < 4.78 is 12.8. The SMILES string of the molecule is [CH2][C@@H]1COc2c(cc(C)c3nc(-c4cc(C)cc5nc(C)cnc45)sc23)O1. The molecular formula is C21H18N3O2S. The van der Waals surface area contributed by atoms with E-state index in [1.54, 1.807) is 17.5 Å². The molecule has 0 amide bonds. The van der Waals surface area contributed by atoms with Gasteiger partial charge in [-0.3, -0.25) is 4.98 Å². The zero-order valence-corrected chi connectivity index (χ0v) is 16.2. The topological polar surface area (TPSA) is 57.1 Å². The van der Waals surface area contributed by atoms with E-state index in [0.29, 0.717) is 6.61 Å². The molecule has 4 aromatic rings. The summed E-state index contributed by atoms with van der Waals surface area (Å²) in [5.74, 6) is 1.50. The summed E-state index contributed by atoms with van der Waals surface area (Å²) in [5, 5.41) is 0.911. The molecule has 0 fully saturated rings. The molecule has 0 aliphatic carbocycles. The molecule has 2 aromatic heterocycles. The molecule has 0 spiro atoms. The van der Waals surface area contributed by atoms with Crippen LogP contribution >= 0.6 is 11.3 Å². The Hall–Kier alpha value is -2.73. The van der Waals surface area contributed by atoms with Gasteiger partial charge in [0.05, 0.1) is 22.2 Å². The fraction of sp³-hybridized carbons (Fsp3) is 0.238. The van der Waals surface area contributed by atoms with E-state index in [1.165, 1.54) is 0 Å². The first-order chi connectivity index (χ1) is 13.0. The Kier molecular flexibility index (Phi) is 3.59. The smallest absolute Gasteiger partial charge is 0.180 e. The maximum atomic E-state index is 5.94. The van der Waals surface area contributed by atoms with Crippen molar-refractivity contribution >= 4 is 32.6 Å². The highest BCUT2D eigenvalue weighted by molar-refractivity contribution is 7.22. The van der Waals surface area contributed by atoms with E-state index in [-0.39, 0.29) is 6.10 Å². The Bertz CT molecular complexity index is 1210. The molecule has 3 heterocycles. The minimum absolute atomic E-state index is 0.194. The highest BCUT2D eigenvalue weighted by Gasteiger charge is 2.24. The van der Waals surface area contributed by atoms with E-state index in [0.717, 1.165) is 60.1 Å². The maximum absolute atomic E-state index is 5.94. The van der Waals surface area contributed by atoms with Crippen LogP contribution in [0.5, 0.6) is 11.5 Å². The fourth-order valence-corrected chi connectivity index (χ4v) is 4.58. The first-order valence-electron chi connectivity index (χ1n) is 8.80. The van der Waals surface area contributed by atoms with Crippen molar-refractivity contribution in [1.82, 2.24) is 15.0 Å². The van der Waals surface area contributed by atoms with E-state index < -0.39 is 0 Å². The molecule has 5 rings (SSSR count). The number of aryl methyl sites for hydroxylation is 3. The quantitative estimate of drug-likeness (QED) is 0.477. The summed E-state index contributed by atoms with van der Waals surface area (Å²) in [4.78, 5) is 14.2. The number of hydrogen-bond donors (Lipinski definition) is 0. The van der Waals surface area contributed by atoms with E-state index in [9.17, 15) is 0 Å². The number of fused-ring (bicyclic) bond motifs is 4. The third-order valence-electron chi connectivity index (χ3n) is 4.63. The average molecular weight is 376 g/mol. The predicted octanol–water partition coefficient (Wildman–Crippen LogP) is 4.81. The Morgan fingerprint density at radius 2 is 1.96 bits per heavy atom. The lowest BCUT2D eigenvalue weighted by molar-refractivity contribution is 0.123. The van der Waals surface area contributed by atoms with Gasteiger partial charge < -0.3 is 9.47 Å². The molecule has 0 unspecified atom stereocenters. The van der Waals surface area contributed by atoms with Gasteiger partial charge in [0.2, 0.25) is 0 Å². The third kappa shape index (κ3) is 2.63. The highest BCUT2D eigenvalue weighted by atomic mass is 32.1. The Morgan fingerprint density at radius 3 is 2.81 bits per heavy atom. The number of hydrogen-bond acceptors (Lipinski definition) is 6. The fourth-order valence-electron chi connectivity index (χ4n) is 3.43. The van der Waals surface area contributed by atoms with Gasteiger partial charge in [0.15, 0.2) is 11.5 Å². The van der Waals surface area contributed by atoms with Crippen LogP contribution in [0.2, 0.25) is 0 Å². The van der Waals surface area contributed by atoms with Crippen molar-refractivity contribution in [1.29, 1.82) is 0 Å². The van der Waals surface area contributed by atoms with Gasteiger partial charge in [0.1, 0.15) is 22.4 Å². The van der Waals surface area contributed by atoms with Gasteiger partial charge in [-0.15, -0.1) is 11.3 Å². The van der Waals surface area contributed by atoms with Crippen LogP contribution < -0.4 is 9.47 Å². The van der Waals surface area contributed by atoms with E-state index in [4.69, 9.17) is 14.5 Å². The summed E-state index contributed by atoms with van der Waals surface area (Å²) in [5.41, 5.74) is 6.79. The molecule has 0 N–H and O–H groups in total. The summed E-state index contributed by atoms with van der Waals surface area (Å²) in [6.07, 6.45) is 1.61. The van der Waals surface area contributed by atoms with Crippen LogP contribution in [0.1, 0.15) is 16.8 Å². The van der Waals surface area contributed by atoms with Crippen molar-refractivity contribution in [2.24, 2.45) is 0 Å². The molecule has 0 saturated carbocycles. The zero-order valence-electron chi connectivity index (χ0n) is 15.4. The molecule has 135 valence electrons. The first kappa shape index (κ1) is 16.4. The monoisotopic (exact) mass is 376 g/mol. The van der Waals surface area contributed by atoms with Crippen molar-refractivity contribution in [3.05, 3.63) is 48.1 Å². The highest BCUT2D eigenvalue weighted by Crippen LogP contribution is 2.45. The van der Waals surface area contributed by atoms with Crippen molar-refractivity contribution in [3.8, 4) is 22.1 Å². The second-order valence-corrected chi connectivity index (χ2v) is 7.96. The van der Waals surface area contributed by atoms with Gasteiger partial charge in [0, 0.05) is 11.8 Å². The van der Waals surface area contributed by atoms with Crippen molar-refractivity contribution in [2.45, 2.75) is 26.9 Å². The van der Waals surface area contributed by atoms with E-state index in [2.05, 4.69) is 35.9 Å². The zero-order chi connectivity index (χ0) is 18.7. The molecule has 0 saturated heterocycles. The van der Waals surface area contributed by atoms with Crippen molar-refractivity contribution in [2.75, 3.05) is 6.61 Å². The first-order valence-corrected chi connectivity index (χ1v) is 9.62. The number of rotatable bonds is 1. The normalized spacial score (nSPS) is 16.2. The summed E-state index contributed by atoms with van der Waals surface area (Å²) >= 11 is 1.60. The molecule has 1 atom stereocenters. The van der Waals surface area contributed by atoms with Crippen LogP contribution in [0, 0.1) is 27.7 Å². The minimum atomic E-state index is -0.194. The number of thiazole rings is 1. The molecule has 5 nitrogen and oxygen atoms in total. The molecule has 1 aliphatic rings. The van der Waals surface area contributed by atoms with Gasteiger partial charge >= 0.3 is 0 Å². The van der Waals surface area contributed by atoms with Crippen LogP contribution in [0.15, 0.2) is 24.4 Å². The summed E-state index contributed by atoms with van der Waals surface area (Å²) in [6, 6.07) is 6.16. The second-order valence-electron chi connectivity index (χ2n) is 6.96. The predicted molar refractivity (Wildman–Crippen MR) is 108 cm³/mol. The van der Waals surface area contributed by atoms with Crippen molar-refractivity contribution in [3.63, 3.8) is 0 Å². The van der Waals surface area contributed by atoms with Crippen LogP contribution in [-0.2, 0) is 0 Å². The van der Waals surface area contributed by atoms with Gasteiger partial charge in [-0.1, -0.05) is 0 Å². The number of ether oxygens (including phenoxy) is 2. The Balaban J connectivity index is 1.78. The molecule has 1 aliphatic heterocycles. The van der Waals surface area contributed by atoms with Crippen LogP contribution in [-0.4, -0.2) is 27.7 Å². The molecule has 1 radical (unpaired) electrons. The van der Waals surface area contributed by atoms with E-state index in [1.807, 2.05) is 19.9 Å². The standard InChI is InChI=1S/C21H18N3O2S/c1-10-5-14(18-15(6-10)23-12(3)8-22-18)21-24-17-11(2)7-16-19(20(17)27-21)25-9-13(4)26-16/h5-8,13H,4,9H2,1-3H3/t13-/m1/s1. The second kappa shape index (κ2) is 5.89. The minimum Gasteiger partial charge on any atom is -0.484 e. The van der Waals surface area contributed by atoms with Crippen molar-refractivity contribution < 1.29 is 9.47 Å². The molecule has 27 heavy (non-hydrogen) atoms. The van der Waals surface area contributed by atoms with Gasteiger partial charge in [-0.25, -0.2) is 9.97 Å². The lowest BCUT2D eigenvalue weighted by atomic mass is 10.1. The Morgan fingerprint density at radius 1 is 1.11 bits per heavy atom. The van der Waals surface area contributed by atoms with Gasteiger partial charge in [-0.2, -0.15) is 0 Å². The number of benzene rings is 2. The Labute approximate surface area is 161 Å². The van der Waals surface area contributed by atoms with Gasteiger partial charge in [-0.05, 0) is 57.0 Å². The molecule has 0 bridgehead atoms. The summed E-state index contributed by atoms with van der Waals surface area (Å²) in [6.45, 7) is 10.4. The van der Waals surface area contributed by atoms with E-state index >= 15 is 0 Å².